The first-order valence-electron chi connectivity index (χ1n) is 22.6. The predicted octanol–water partition coefficient (Wildman–Crippen LogP) is 14.3. The second-order valence-electron chi connectivity index (χ2n) is 17.1. The average molecular weight is 841 g/mol. The molecule has 0 N–H and O–H groups in total. The molecule has 0 fully saturated rings. The molecule has 1 heteroatoms. The second-order valence-corrected chi connectivity index (χ2v) is 20.9. The monoisotopic (exact) mass is 840 g/mol. The SMILES string of the molecule is c1ccc([Si](c2ccccc2)(c2ccccc2)c2ccc(-c3ccc(-c4c5ccccc5c(-c5ccccc5-c5ccc6ccccc6c5)c5ccccc45)c4ccccc34)cc2)cc1. The summed E-state index contributed by atoms with van der Waals surface area (Å²) in [6.45, 7) is 0. The molecular weight excluding hydrogens is 797 g/mol. The minimum Gasteiger partial charge on any atom is -0.0623 e. The molecule has 0 aliphatic carbocycles. The van der Waals surface area contributed by atoms with E-state index in [0.29, 0.717) is 0 Å². The number of fused-ring (bicyclic) bond motifs is 4. The van der Waals surface area contributed by atoms with Gasteiger partial charge in [-0.1, -0.05) is 261 Å². The molecule has 0 amide bonds. The van der Waals surface area contributed by atoms with Crippen molar-refractivity contribution in [3.8, 4) is 44.5 Å². The summed E-state index contributed by atoms with van der Waals surface area (Å²) in [5, 5.41) is 15.5. The lowest BCUT2D eigenvalue weighted by Crippen LogP contribution is -2.74. The van der Waals surface area contributed by atoms with Crippen molar-refractivity contribution in [3.63, 3.8) is 0 Å². The number of benzene rings is 12. The summed E-state index contributed by atoms with van der Waals surface area (Å²) in [5.41, 5.74) is 9.92. The van der Waals surface area contributed by atoms with Gasteiger partial charge in [-0.2, -0.15) is 0 Å². The van der Waals surface area contributed by atoms with E-state index >= 15 is 0 Å². The van der Waals surface area contributed by atoms with Crippen LogP contribution in [-0.2, 0) is 0 Å². The maximum atomic E-state index is 2.41. The largest absolute Gasteiger partial charge is 0.179 e. The van der Waals surface area contributed by atoms with Crippen LogP contribution in [0.25, 0.3) is 87.6 Å². The molecule has 0 aliphatic rings. The van der Waals surface area contributed by atoms with Crippen LogP contribution in [-0.4, -0.2) is 8.07 Å². The Bertz CT molecular complexity index is 3530. The molecule has 12 rings (SSSR count). The number of hydrogen-bond acceptors (Lipinski definition) is 0. The van der Waals surface area contributed by atoms with E-state index in [1.54, 1.807) is 0 Å². The molecule has 0 aromatic heterocycles. The third kappa shape index (κ3) is 6.43. The van der Waals surface area contributed by atoms with Crippen molar-refractivity contribution < 1.29 is 0 Å². The van der Waals surface area contributed by atoms with Gasteiger partial charge < -0.3 is 0 Å². The second kappa shape index (κ2) is 16.2. The average Bonchev–Trinajstić information content (AvgIpc) is 3.39. The fourth-order valence-electron chi connectivity index (χ4n) is 10.8. The molecule has 0 spiro atoms. The summed E-state index contributed by atoms with van der Waals surface area (Å²) < 4.78 is 0. The van der Waals surface area contributed by atoms with Gasteiger partial charge in [0.15, 0.2) is 8.07 Å². The summed E-state index contributed by atoms with van der Waals surface area (Å²) >= 11 is 0. The smallest absolute Gasteiger partial charge is 0.0623 e. The van der Waals surface area contributed by atoms with E-state index in [4.69, 9.17) is 0 Å². The first kappa shape index (κ1) is 38.6. The Labute approximate surface area is 381 Å². The van der Waals surface area contributed by atoms with Crippen LogP contribution in [0.1, 0.15) is 0 Å². The summed E-state index contributed by atoms with van der Waals surface area (Å²) in [5.74, 6) is 0. The van der Waals surface area contributed by atoms with Gasteiger partial charge in [0.05, 0.1) is 0 Å². The fourth-order valence-corrected chi connectivity index (χ4v) is 15.5. The Kier molecular flexibility index (Phi) is 9.63. The van der Waals surface area contributed by atoms with Crippen molar-refractivity contribution in [2.45, 2.75) is 0 Å². The van der Waals surface area contributed by atoms with Crippen molar-refractivity contribution in [1.82, 2.24) is 0 Å². The zero-order chi connectivity index (χ0) is 43.2. The maximum absolute atomic E-state index is 2.65. The van der Waals surface area contributed by atoms with Crippen LogP contribution in [0.3, 0.4) is 0 Å². The molecule has 0 aliphatic heterocycles. The highest BCUT2D eigenvalue weighted by molar-refractivity contribution is 7.19. The van der Waals surface area contributed by atoms with Crippen LogP contribution in [0.5, 0.6) is 0 Å². The molecule has 304 valence electrons. The normalized spacial score (nSPS) is 11.7. The summed E-state index contributed by atoms with van der Waals surface area (Å²) in [4.78, 5) is 0. The number of hydrogen-bond donors (Lipinski definition) is 0. The van der Waals surface area contributed by atoms with Crippen molar-refractivity contribution in [2.75, 3.05) is 0 Å². The van der Waals surface area contributed by atoms with Gasteiger partial charge in [-0.3, -0.25) is 0 Å². The first-order chi connectivity index (χ1) is 32.3. The predicted molar refractivity (Wildman–Crippen MR) is 282 cm³/mol. The van der Waals surface area contributed by atoms with E-state index in [2.05, 4.69) is 267 Å². The van der Waals surface area contributed by atoms with Crippen molar-refractivity contribution in [1.29, 1.82) is 0 Å². The Morgan fingerprint density at radius 1 is 0.200 bits per heavy atom. The van der Waals surface area contributed by atoms with Crippen LogP contribution in [0.4, 0.5) is 0 Å². The molecule has 0 saturated heterocycles. The molecular formula is C64H44Si. The van der Waals surface area contributed by atoms with E-state index in [1.165, 1.54) is 108 Å². The molecule has 12 aromatic carbocycles. The van der Waals surface area contributed by atoms with Crippen LogP contribution in [0, 0.1) is 0 Å². The van der Waals surface area contributed by atoms with Crippen LogP contribution < -0.4 is 20.7 Å². The van der Waals surface area contributed by atoms with Crippen LogP contribution in [0.15, 0.2) is 267 Å². The maximum Gasteiger partial charge on any atom is 0.179 e. The molecule has 0 bridgehead atoms. The van der Waals surface area contributed by atoms with E-state index in [-0.39, 0.29) is 0 Å². The topological polar surface area (TPSA) is 0 Å². The lowest BCUT2D eigenvalue weighted by molar-refractivity contribution is 1.62. The molecule has 0 nitrogen and oxygen atoms in total. The van der Waals surface area contributed by atoms with E-state index in [1.807, 2.05) is 0 Å². The minimum absolute atomic E-state index is 1.21. The highest BCUT2D eigenvalue weighted by atomic mass is 28.3. The van der Waals surface area contributed by atoms with Crippen molar-refractivity contribution in [2.24, 2.45) is 0 Å². The quantitative estimate of drug-likeness (QED) is 0.0812. The molecule has 0 heterocycles. The van der Waals surface area contributed by atoms with Gasteiger partial charge in [0.1, 0.15) is 0 Å². The third-order valence-corrected chi connectivity index (χ3v) is 18.4. The zero-order valence-electron chi connectivity index (χ0n) is 35.9. The standard InChI is InChI=1S/C64H44Si/c1-4-22-49(23-5-1)65(50-24-6-2-7-25-50,51-26-8-3-9-27-51)52-40-38-46(39-41-52)54-42-43-62(56-30-14-13-29-55(54)56)64-60-34-18-16-32-58(60)63(59-33-17-19-35-61(59)64)57-31-15-12-28-53(57)48-37-36-45-20-10-11-21-47(45)44-48/h1-44H. The minimum atomic E-state index is -2.65. The van der Waals surface area contributed by atoms with E-state index in [0.717, 1.165) is 0 Å². The molecule has 0 radical (unpaired) electrons. The fraction of sp³-hybridized carbons (Fsp3) is 0. The van der Waals surface area contributed by atoms with Gasteiger partial charge in [0.2, 0.25) is 0 Å². The lowest BCUT2D eigenvalue weighted by Gasteiger charge is -2.34. The highest BCUT2D eigenvalue weighted by Crippen LogP contribution is 2.48. The van der Waals surface area contributed by atoms with Crippen LogP contribution in [0.2, 0.25) is 0 Å². The highest BCUT2D eigenvalue weighted by Gasteiger charge is 2.41. The number of rotatable bonds is 8. The van der Waals surface area contributed by atoms with Crippen molar-refractivity contribution in [3.05, 3.63) is 267 Å². The zero-order valence-corrected chi connectivity index (χ0v) is 36.9. The van der Waals surface area contributed by atoms with E-state index in [9.17, 15) is 0 Å². The molecule has 0 saturated carbocycles. The Balaban J connectivity index is 1.03. The molecule has 0 atom stereocenters. The van der Waals surface area contributed by atoms with Gasteiger partial charge >= 0.3 is 0 Å². The first-order valence-corrected chi connectivity index (χ1v) is 24.6. The molecule has 12 aromatic rings. The Morgan fingerprint density at radius 2 is 0.569 bits per heavy atom. The molecule has 65 heavy (non-hydrogen) atoms. The summed E-state index contributed by atoms with van der Waals surface area (Å²) in [6.07, 6.45) is 0. The van der Waals surface area contributed by atoms with Crippen molar-refractivity contribution >= 4 is 71.9 Å². The Morgan fingerprint density at radius 3 is 1.11 bits per heavy atom. The van der Waals surface area contributed by atoms with Gasteiger partial charge in [-0.15, -0.1) is 0 Å². The van der Waals surface area contributed by atoms with Gasteiger partial charge in [0, 0.05) is 0 Å². The van der Waals surface area contributed by atoms with Gasteiger partial charge in [0.25, 0.3) is 0 Å². The van der Waals surface area contributed by atoms with Gasteiger partial charge in [-0.05, 0) is 114 Å². The molecule has 0 unspecified atom stereocenters. The summed E-state index contributed by atoms with van der Waals surface area (Å²) in [6, 6.07) is 99.3. The van der Waals surface area contributed by atoms with E-state index < -0.39 is 8.07 Å². The Hall–Kier alpha value is -8.10. The summed E-state index contributed by atoms with van der Waals surface area (Å²) in [7, 11) is -2.65. The van der Waals surface area contributed by atoms with Gasteiger partial charge in [-0.25, -0.2) is 0 Å². The third-order valence-electron chi connectivity index (χ3n) is 13.6. The lowest BCUT2D eigenvalue weighted by atomic mass is 9.82. The van der Waals surface area contributed by atoms with Crippen LogP contribution >= 0.6 is 0 Å².